The van der Waals surface area contributed by atoms with Gasteiger partial charge in [-0.3, -0.25) is 4.79 Å². The van der Waals surface area contributed by atoms with E-state index in [1.54, 1.807) is 13.2 Å². The second kappa shape index (κ2) is 7.09. The molecule has 1 atom stereocenters. The van der Waals surface area contributed by atoms with Crippen LogP contribution < -0.4 is 5.32 Å². The molecule has 1 unspecified atom stereocenters. The van der Waals surface area contributed by atoms with Crippen molar-refractivity contribution in [1.29, 1.82) is 0 Å². The van der Waals surface area contributed by atoms with Crippen molar-refractivity contribution in [3.05, 3.63) is 22.4 Å². The van der Waals surface area contributed by atoms with E-state index in [2.05, 4.69) is 21.2 Å². The van der Waals surface area contributed by atoms with Gasteiger partial charge in [0.1, 0.15) is 11.7 Å². The number of carboxylic acids is 1. The highest BCUT2D eigenvalue weighted by Crippen LogP contribution is 2.37. The third kappa shape index (κ3) is 4.31. The Labute approximate surface area is 131 Å². The van der Waals surface area contributed by atoms with Crippen LogP contribution in [0, 0.1) is 0 Å². The molecule has 0 bridgehead atoms. The molecule has 1 fully saturated rings. The van der Waals surface area contributed by atoms with Gasteiger partial charge in [0, 0.05) is 30.4 Å². The normalized spacial score (nSPS) is 15.7. The molecular weight excluding hydrogens is 340 g/mol. The lowest BCUT2D eigenvalue weighted by Gasteiger charge is -2.15. The topological polar surface area (TPSA) is 80.6 Å². The summed E-state index contributed by atoms with van der Waals surface area (Å²) in [4.78, 5) is 23.5. The number of ether oxygens (including phenoxy) is 1. The number of amides is 1. The summed E-state index contributed by atoms with van der Waals surface area (Å²) in [6.45, 7) is 0.476. The first-order chi connectivity index (χ1) is 10.0. The summed E-state index contributed by atoms with van der Waals surface area (Å²) < 4.78 is 7.64. The summed E-state index contributed by atoms with van der Waals surface area (Å²) in [6.07, 6.45) is 4.91. The van der Waals surface area contributed by atoms with Crippen LogP contribution in [-0.2, 0) is 9.53 Å². The molecule has 7 heteroatoms. The molecule has 2 N–H and O–H groups in total. The molecule has 116 valence electrons. The van der Waals surface area contributed by atoms with Gasteiger partial charge in [0.2, 0.25) is 0 Å². The summed E-state index contributed by atoms with van der Waals surface area (Å²) in [5.74, 6) is -1.37. The van der Waals surface area contributed by atoms with Crippen LogP contribution in [0.15, 0.2) is 16.7 Å². The first-order valence-corrected chi connectivity index (χ1v) is 7.72. The van der Waals surface area contributed by atoms with Crippen LogP contribution >= 0.6 is 15.9 Å². The van der Waals surface area contributed by atoms with Crippen LogP contribution in [-0.4, -0.2) is 41.3 Å². The van der Waals surface area contributed by atoms with Gasteiger partial charge in [0.25, 0.3) is 5.91 Å². The van der Waals surface area contributed by atoms with E-state index in [4.69, 9.17) is 4.74 Å². The van der Waals surface area contributed by atoms with E-state index >= 15 is 0 Å². The van der Waals surface area contributed by atoms with Gasteiger partial charge in [-0.15, -0.1) is 0 Å². The molecule has 1 aliphatic carbocycles. The fourth-order valence-corrected chi connectivity index (χ4v) is 2.64. The molecule has 0 saturated heterocycles. The average Bonchev–Trinajstić information content (AvgIpc) is 3.20. The molecule has 1 heterocycles. The highest BCUT2D eigenvalue weighted by molar-refractivity contribution is 9.10. The van der Waals surface area contributed by atoms with E-state index in [0.29, 0.717) is 31.2 Å². The van der Waals surface area contributed by atoms with Crippen LogP contribution in [0.1, 0.15) is 42.2 Å². The van der Waals surface area contributed by atoms with Gasteiger partial charge in [-0.1, -0.05) is 0 Å². The standard InChI is InChI=1S/C14H19BrN2O4/c1-21-6-2-3-11(14(19)20)16-13(18)12-7-9(15)8-17(12)10-4-5-10/h7-8,10-11H,2-6H2,1H3,(H,16,18)(H,19,20). The van der Waals surface area contributed by atoms with Crippen molar-refractivity contribution in [3.8, 4) is 0 Å². The molecule has 1 aliphatic rings. The Morgan fingerprint density at radius 2 is 2.29 bits per heavy atom. The molecule has 0 spiro atoms. The molecule has 6 nitrogen and oxygen atoms in total. The lowest BCUT2D eigenvalue weighted by molar-refractivity contribution is -0.139. The first-order valence-electron chi connectivity index (χ1n) is 6.93. The van der Waals surface area contributed by atoms with Crippen molar-refractivity contribution in [1.82, 2.24) is 9.88 Å². The third-order valence-corrected chi connectivity index (χ3v) is 3.87. The lowest BCUT2D eigenvalue weighted by atomic mass is 10.1. The monoisotopic (exact) mass is 358 g/mol. The van der Waals surface area contributed by atoms with E-state index in [9.17, 15) is 14.7 Å². The van der Waals surface area contributed by atoms with E-state index in [-0.39, 0.29) is 5.91 Å². The smallest absolute Gasteiger partial charge is 0.326 e. The van der Waals surface area contributed by atoms with Crippen molar-refractivity contribution >= 4 is 27.8 Å². The number of nitrogens with one attached hydrogen (secondary N) is 1. The zero-order valence-electron chi connectivity index (χ0n) is 11.8. The summed E-state index contributed by atoms with van der Waals surface area (Å²) in [5.41, 5.74) is 0.502. The van der Waals surface area contributed by atoms with Gasteiger partial charge in [-0.25, -0.2) is 4.79 Å². The molecule has 1 aromatic heterocycles. The van der Waals surface area contributed by atoms with E-state index in [1.165, 1.54) is 0 Å². The van der Waals surface area contributed by atoms with Gasteiger partial charge in [-0.2, -0.15) is 0 Å². The van der Waals surface area contributed by atoms with Gasteiger partial charge < -0.3 is 19.7 Å². The molecule has 21 heavy (non-hydrogen) atoms. The third-order valence-electron chi connectivity index (χ3n) is 3.43. The zero-order valence-corrected chi connectivity index (χ0v) is 13.4. The maximum Gasteiger partial charge on any atom is 0.326 e. The van der Waals surface area contributed by atoms with Crippen molar-refractivity contribution in [2.24, 2.45) is 0 Å². The minimum absolute atomic E-state index is 0.347. The van der Waals surface area contributed by atoms with Gasteiger partial charge in [0.05, 0.1) is 0 Å². The number of nitrogens with zero attached hydrogens (tertiary/aromatic N) is 1. The minimum Gasteiger partial charge on any atom is -0.480 e. The van der Waals surface area contributed by atoms with Crippen LogP contribution in [0.25, 0.3) is 0 Å². The zero-order chi connectivity index (χ0) is 15.4. The average molecular weight is 359 g/mol. The van der Waals surface area contributed by atoms with Gasteiger partial charge in [-0.05, 0) is 47.7 Å². The lowest BCUT2D eigenvalue weighted by Crippen LogP contribution is -2.41. The summed E-state index contributed by atoms with van der Waals surface area (Å²) in [7, 11) is 1.56. The molecule has 1 saturated carbocycles. The fraction of sp³-hybridized carbons (Fsp3) is 0.571. The van der Waals surface area contributed by atoms with Crippen LogP contribution in [0.2, 0.25) is 0 Å². The SMILES string of the molecule is COCCCC(NC(=O)c1cc(Br)cn1C1CC1)C(=O)O. The summed E-state index contributed by atoms with van der Waals surface area (Å²) in [5, 5.41) is 11.8. The molecule has 1 amide bonds. The quantitative estimate of drug-likeness (QED) is 0.698. The summed E-state index contributed by atoms with van der Waals surface area (Å²) in [6, 6.07) is 1.18. The molecule has 0 radical (unpaired) electrons. The van der Waals surface area contributed by atoms with Gasteiger partial charge >= 0.3 is 5.97 Å². The molecule has 1 aromatic rings. The number of carboxylic acid groups (broad SMARTS) is 1. The number of hydrogen-bond donors (Lipinski definition) is 2. The Kier molecular flexibility index (Phi) is 5.41. The first kappa shape index (κ1) is 16.0. The van der Waals surface area contributed by atoms with Crippen molar-refractivity contribution in [2.75, 3.05) is 13.7 Å². The predicted molar refractivity (Wildman–Crippen MR) is 80.4 cm³/mol. The number of methoxy groups -OCH3 is 1. The second-order valence-corrected chi connectivity index (χ2v) is 6.10. The number of carbonyl (C=O) groups excluding carboxylic acids is 1. The van der Waals surface area contributed by atoms with Gasteiger partial charge in [0.15, 0.2) is 0 Å². The Balaban J connectivity index is 2.02. The number of carbonyl (C=O) groups is 2. The predicted octanol–water partition coefficient (Wildman–Crippen LogP) is 2.20. The van der Waals surface area contributed by atoms with E-state index < -0.39 is 12.0 Å². The number of rotatable bonds is 8. The number of hydrogen-bond acceptors (Lipinski definition) is 3. The van der Waals surface area contributed by atoms with Crippen molar-refractivity contribution in [3.63, 3.8) is 0 Å². The van der Waals surface area contributed by atoms with E-state index in [1.807, 2.05) is 10.8 Å². The molecule has 0 aliphatic heterocycles. The van der Waals surface area contributed by atoms with Crippen molar-refractivity contribution < 1.29 is 19.4 Å². The van der Waals surface area contributed by atoms with Crippen LogP contribution in [0.4, 0.5) is 0 Å². The second-order valence-electron chi connectivity index (χ2n) is 5.18. The highest BCUT2D eigenvalue weighted by atomic mass is 79.9. The minimum atomic E-state index is -1.02. The van der Waals surface area contributed by atoms with E-state index in [0.717, 1.165) is 17.3 Å². The maximum atomic E-state index is 12.3. The Hall–Kier alpha value is -1.34. The Bertz CT molecular complexity index is 525. The largest absolute Gasteiger partial charge is 0.480 e. The maximum absolute atomic E-state index is 12.3. The van der Waals surface area contributed by atoms with Crippen LogP contribution in [0.3, 0.4) is 0 Å². The van der Waals surface area contributed by atoms with Crippen LogP contribution in [0.5, 0.6) is 0 Å². The summed E-state index contributed by atoms with van der Waals surface area (Å²) >= 11 is 3.36. The molecular formula is C14H19BrN2O4. The Morgan fingerprint density at radius 1 is 1.57 bits per heavy atom. The fourth-order valence-electron chi connectivity index (χ4n) is 2.20. The molecule has 0 aromatic carbocycles. The Morgan fingerprint density at radius 3 is 2.86 bits per heavy atom. The number of aliphatic carboxylic acids is 1. The molecule has 2 rings (SSSR count). The highest BCUT2D eigenvalue weighted by Gasteiger charge is 2.29. The number of aromatic nitrogens is 1. The van der Waals surface area contributed by atoms with Crippen molar-refractivity contribution in [2.45, 2.75) is 37.8 Å². The number of halogens is 1.